The summed E-state index contributed by atoms with van der Waals surface area (Å²) in [6.45, 7) is 0.902. The first kappa shape index (κ1) is 12.0. The number of benzene rings is 1. The molecule has 0 atom stereocenters. The third-order valence-electron chi connectivity index (χ3n) is 1.67. The van der Waals surface area contributed by atoms with Crippen molar-refractivity contribution in [2.45, 2.75) is 24.2 Å². The summed E-state index contributed by atoms with van der Waals surface area (Å²) in [6, 6.07) is 9.18. The minimum Gasteiger partial charge on any atom is -0.206 e. The van der Waals surface area contributed by atoms with Gasteiger partial charge < -0.3 is 0 Å². The number of nitrogens with zero attached hydrogens (tertiary/aromatic N) is 1. The van der Waals surface area contributed by atoms with Crippen molar-refractivity contribution >= 4 is 11.8 Å². The van der Waals surface area contributed by atoms with Crippen molar-refractivity contribution in [1.82, 2.24) is 0 Å². The first-order valence-electron chi connectivity index (χ1n) is 4.48. The Morgan fingerprint density at radius 3 is 2.80 bits per heavy atom. The van der Waals surface area contributed by atoms with Crippen LogP contribution in [0.4, 0.5) is 8.78 Å². The van der Waals surface area contributed by atoms with Crippen LogP contribution in [0.3, 0.4) is 0 Å². The number of nitriles is 1. The average molecular weight is 227 g/mol. The molecule has 0 unspecified atom stereocenters. The summed E-state index contributed by atoms with van der Waals surface area (Å²) in [4.78, 5) is 0.782. The topological polar surface area (TPSA) is 23.8 Å². The Labute approximate surface area is 92.1 Å². The van der Waals surface area contributed by atoms with Gasteiger partial charge in [-0.25, -0.2) is 8.78 Å². The molecule has 0 fully saturated rings. The number of thioether (sulfide) groups is 1. The molecule has 1 aromatic carbocycles. The molecule has 1 nitrogen and oxygen atoms in total. The summed E-state index contributed by atoms with van der Waals surface area (Å²) in [6.07, 6.45) is 0.316. The predicted molar refractivity (Wildman–Crippen MR) is 57.1 cm³/mol. The molecule has 80 valence electrons. The Balaban J connectivity index is 2.62. The van der Waals surface area contributed by atoms with E-state index in [1.54, 1.807) is 18.2 Å². The fraction of sp³-hybridized carbons (Fsp3) is 0.364. The van der Waals surface area contributed by atoms with Crippen LogP contribution in [0.15, 0.2) is 29.2 Å². The van der Waals surface area contributed by atoms with Gasteiger partial charge in [0.05, 0.1) is 18.2 Å². The number of alkyl halides is 2. The van der Waals surface area contributed by atoms with Gasteiger partial charge in [-0.15, -0.1) is 11.8 Å². The van der Waals surface area contributed by atoms with E-state index in [1.807, 2.05) is 12.1 Å². The lowest BCUT2D eigenvalue weighted by Crippen LogP contribution is -2.12. The van der Waals surface area contributed by atoms with E-state index in [4.69, 9.17) is 5.26 Å². The van der Waals surface area contributed by atoms with Gasteiger partial charge in [-0.1, -0.05) is 12.1 Å². The molecule has 0 aliphatic heterocycles. The third kappa shape index (κ3) is 4.80. The third-order valence-corrected chi connectivity index (χ3v) is 2.91. The fourth-order valence-electron chi connectivity index (χ4n) is 1.05. The molecule has 0 spiro atoms. The molecule has 0 aliphatic rings. The molecule has 0 saturated carbocycles. The lowest BCUT2D eigenvalue weighted by atomic mass is 10.2. The van der Waals surface area contributed by atoms with Gasteiger partial charge in [0.15, 0.2) is 0 Å². The SMILES string of the molecule is CC(F)(F)CSc1cccc(CC#N)c1. The molecule has 1 aromatic rings. The number of hydrogen-bond acceptors (Lipinski definition) is 2. The van der Waals surface area contributed by atoms with Crippen molar-refractivity contribution in [2.75, 3.05) is 5.75 Å². The van der Waals surface area contributed by atoms with Crippen molar-refractivity contribution in [3.63, 3.8) is 0 Å². The second-order valence-electron chi connectivity index (χ2n) is 3.34. The average Bonchev–Trinajstić information content (AvgIpc) is 2.15. The second-order valence-corrected chi connectivity index (χ2v) is 4.39. The molecular formula is C11H11F2NS. The highest BCUT2D eigenvalue weighted by molar-refractivity contribution is 7.99. The number of halogens is 2. The van der Waals surface area contributed by atoms with Gasteiger partial charge in [0, 0.05) is 11.8 Å². The lowest BCUT2D eigenvalue weighted by Gasteiger charge is -2.09. The van der Waals surface area contributed by atoms with E-state index in [0.29, 0.717) is 6.42 Å². The molecule has 0 aromatic heterocycles. The van der Waals surface area contributed by atoms with E-state index in [1.165, 1.54) is 0 Å². The van der Waals surface area contributed by atoms with Crippen LogP contribution in [0.25, 0.3) is 0 Å². The number of hydrogen-bond donors (Lipinski definition) is 0. The van der Waals surface area contributed by atoms with Gasteiger partial charge in [0.1, 0.15) is 0 Å². The maximum atomic E-state index is 12.6. The molecule has 0 saturated heterocycles. The summed E-state index contributed by atoms with van der Waals surface area (Å²) in [5.74, 6) is -2.89. The minimum absolute atomic E-state index is 0.233. The highest BCUT2D eigenvalue weighted by Crippen LogP contribution is 2.26. The molecule has 0 N–H and O–H groups in total. The summed E-state index contributed by atoms with van der Waals surface area (Å²) < 4.78 is 25.2. The number of rotatable bonds is 4. The van der Waals surface area contributed by atoms with Gasteiger partial charge in [-0.3, -0.25) is 0 Å². The fourth-order valence-corrected chi connectivity index (χ4v) is 1.88. The Kier molecular flexibility index (Phi) is 4.10. The Bertz CT molecular complexity index is 366. The largest absolute Gasteiger partial charge is 0.254 e. The van der Waals surface area contributed by atoms with Crippen molar-refractivity contribution in [2.24, 2.45) is 0 Å². The normalized spacial score (nSPS) is 11.1. The molecule has 0 heterocycles. The van der Waals surface area contributed by atoms with Crippen molar-refractivity contribution < 1.29 is 8.78 Å². The smallest absolute Gasteiger partial charge is 0.206 e. The maximum Gasteiger partial charge on any atom is 0.254 e. The summed E-state index contributed by atoms with van der Waals surface area (Å²) >= 11 is 1.11. The zero-order valence-corrected chi connectivity index (χ0v) is 9.15. The van der Waals surface area contributed by atoms with Crippen LogP contribution in [0.1, 0.15) is 12.5 Å². The van der Waals surface area contributed by atoms with E-state index in [0.717, 1.165) is 29.1 Å². The highest BCUT2D eigenvalue weighted by Gasteiger charge is 2.20. The summed E-state index contributed by atoms with van der Waals surface area (Å²) in [5.41, 5.74) is 0.863. The minimum atomic E-state index is -2.66. The van der Waals surface area contributed by atoms with E-state index < -0.39 is 5.92 Å². The van der Waals surface area contributed by atoms with Crippen molar-refractivity contribution in [3.8, 4) is 6.07 Å². The first-order valence-corrected chi connectivity index (χ1v) is 5.46. The first-order chi connectivity index (χ1) is 7.01. The van der Waals surface area contributed by atoms with Gasteiger partial charge >= 0.3 is 0 Å². The molecule has 15 heavy (non-hydrogen) atoms. The zero-order chi connectivity index (χ0) is 11.3. The summed E-state index contributed by atoms with van der Waals surface area (Å²) in [7, 11) is 0. The monoisotopic (exact) mass is 227 g/mol. The van der Waals surface area contributed by atoms with Crippen LogP contribution in [0.2, 0.25) is 0 Å². The molecule has 0 bridgehead atoms. The zero-order valence-electron chi connectivity index (χ0n) is 8.34. The Hall–Kier alpha value is -1.08. The van der Waals surface area contributed by atoms with E-state index in [-0.39, 0.29) is 5.75 Å². The maximum absolute atomic E-state index is 12.6. The molecule has 0 aliphatic carbocycles. The molecule has 1 rings (SSSR count). The van der Waals surface area contributed by atoms with Gasteiger partial charge in [0.25, 0.3) is 5.92 Å². The predicted octanol–water partition coefficient (Wildman–Crippen LogP) is 3.50. The molecule has 4 heteroatoms. The molecular weight excluding hydrogens is 216 g/mol. The van der Waals surface area contributed by atoms with Crippen molar-refractivity contribution in [3.05, 3.63) is 29.8 Å². The van der Waals surface area contributed by atoms with Crippen LogP contribution < -0.4 is 0 Å². The van der Waals surface area contributed by atoms with E-state index in [9.17, 15) is 8.78 Å². The van der Waals surface area contributed by atoms with E-state index >= 15 is 0 Å². The van der Waals surface area contributed by atoms with Crippen molar-refractivity contribution in [1.29, 1.82) is 5.26 Å². The van der Waals surface area contributed by atoms with Crippen LogP contribution in [-0.4, -0.2) is 11.7 Å². The lowest BCUT2D eigenvalue weighted by molar-refractivity contribution is 0.0492. The van der Waals surface area contributed by atoms with E-state index in [2.05, 4.69) is 0 Å². The Morgan fingerprint density at radius 1 is 1.47 bits per heavy atom. The second kappa shape index (κ2) is 5.13. The van der Waals surface area contributed by atoms with Crippen LogP contribution >= 0.6 is 11.8 Å². The Morgan fingerprint density at radius 2 is 2.20 bits per heavy atom. The standard InChI is InChI=1S/C11H11F2NS/c1-11(12,13)8-15-10-4-2-3-9(7-10)5-6-14/h2-4,7H,5,8H2,1H3. The summed E-state index contributed by atoms with van der Waals surface area (Å²) in [5, 5.41) is 8.49. The van der Waals surface area contributed by atoms with Crippen LogP contribution in [0.5, 0.6) is 0 Å². The molecule has 0 amide bonds. The van der Waals surface area contributed by atoms with Gasteiger partial charge in [-0.05, 0) is 17.7 Å². The van der Waals surface area contributed by atoms with Gasteiger partial charge in [0.2, 0.25) is 0 Å². The highest BCUT2D eigenvalue weighted by atomic mass is 32.2. The molecule has 0 radical (unpaired) electrons. The quantitative estimate of drug-likeness (QED) is 0.735. The van der Waals surface area contributed by atoms with Crippen LogP contribution in [-0.2, 0) is 6.42 Å². The van der Waals surface area contributed by atoms with Gasteiger partial charge in [-0.2, -0.15) is 5.26 Å². The van der Waals surface area contributed by atoms with Crippen LogP contribution in [0, 0.1) is 11.3 Å².